The van der Waals surface area contributed by atoms with E-state index in [0.29, 0.717) is 0 Å². The summed E-state index contributed by atoms with van der Waals surface area (Å²) in [6.07, 6.45) is 3.73. The predicted octanol–water partition coefficient (Wildman–Crippen LogP) is 13.2. The summed E-state index contributed by atoms with van der Waals surface area (Å²) in [7, 11) is 0. The minimum Gasteiger partial charge on any atom is -0.454 e. The Morgan fingerprint density at radius 2 is 1.04 bits per heavy atom. The van der Waals surface area contributed by atoms with E-state index in [-0.39, 0.29) is 0 Å². The molecule has 2 heterocycles. The molecule has 0 aliphatic rings. The van der Waals surface area contributed by atoms with Crippen molar-refractivity contribution in [3.8, 4) is 22.3 Å². The Bertz CT molecular complexity index is 2890. The molecule has 0 aliphatic heterocycles. The van der Waals surface area contributed by atoms with E-state index in [9.17, 15) is 0 Å². The van der Waals surface area contributed by atoms with Gasteiger partial charge in [-0.2, -0.15) is 0 Å². The van der Waals surface area contributed by atoms with Crippen LogP contribution in [0, 0.1) is 0 Å². The minimum atomic E-state index is 0.848. The van der Waals surface area contributed by atoms with Crippen molar-refractivity contribution in [1.29, 1.82) is 0 Å². The third-order valence-corrected chi connectivity index (χ3v) is 9.87. The molecule has 8 aromatic carbocycles. The van der Waals surface area contributed by atoms with Crippen molar-refractivity contribution in [2.45, 2.75) is 0 Å². The highest BCUT2D eigenvalue weighted by molar-refractivity contribution is 6.13. The first-order valence-corrected chi connectivity index (χ1v) is 16.9. The number of furan rings is 1. The lowest BCUT2D eigenvalue weighted by Gasteiger charge is -2.26. The highest BCUT2D eigenvalue weighted by Crippen LogP contribution is 2.44. The third-order valence-electron chi connectivity index (χ3n) is 9.87. The standard InChI is InChI=1S/C47H30N2O/c1-3-9-34-25-37(17-15-31(34)7-1)33-19-21-41(22-20-33)49(42-12-5-11-36(27-42)38-18-16-32-8-2-4-10-35(32)26-38)45-14-6-13-43-44-28-39-23-24-48-30-40(39)29-46(44)50-47(43)45/h1-30H. The molecule has 0 spiro atoms. The van der Waals surface area contributed by atoms with E-state index in [4.69, 9.17) is 4.42 Å². The van der Waals surface area contributed by atoms with Gasteiger partial charge in [0.15, 0.2) is 5.58 Å². The van der Waals surface area contributed by atoms with Gasteiger partial charge in [0.2, 0.25) is 0 Å². The third kappa shape index (κ3) is 4.79. The molecule has 0 unspecified atom stereocenters. The van der Waals surface area contributed by atoms with Crippen LogP contribution in [0.25, 0.3) is 76.5 Å². The van der Waals surface area contributed by atoms with Gasteiger partial charge in [-0.15, -0.1) is 0 Å². The molecule has 10 aromatic rings. The van der Waals surface area contributed by atoms with Crippen LogP contribution in [0.15, 0.2) is 187 Å². The number of hydrogen-bond donors (Lipinski definition) is 0. The second kappa shape index (κ2) is 11.5. The van der Waals surface area contributed by atoms with Crippen molar-refractivity contribution in [2.75, 3.05) is 4.90 Å². The highest BCUT2D eigenvalue weighted by atomic mass is 16.3. The fraction of sp³-hybridized carbons (Fsp3) is 0. The average molecular weight is 639 g/mol. The normalized spacial score (nSPS) is 11.6. The van der Waals surface area contributed by atoms with Crippen molar-refractivity contribution < 1.29 is 4.42 Å². The van der Waals surface area contributed by atoms with Crippen LogP contribution in [0.4, 0.5) is 17.1 Å². The number of anilines is 3. The molecule has 0 N–H and O–H groups in total. The number of pyridine rings is 1. The summed E-state index contributed by atoms with van der Waals surface area (Å²) < 4.78 is 6.74. The van der Waals surface area contributed by atoms with Gasteiger partial charge in [-0.1, -0.05) is 109 Å². The lowest BCUT2D eigenvalue weighted by molar-refractivity contribution is 0.669. The first kappa shape index (κ1) is 28.3. The average Bonchev–Trinajstić information content (AvgIpc) is 3.55. The number of para-hydroxylation sites is 1. The summed E-state index contributed by atoms with van der Waals surface area (Å²) in [6.45, 7) is 0. The fourth-order valence-electron chi connectivity index (χ4n) is 7.33. The molecule has 0 atom stereocenters. The molecular formula is C47H30N2O. The van der Waals surface area contributed by atoms with Crippen molar-refractivity contribution in [2.24, 2.45) is 0 Å². The van der Waals surface area contributed by atoms with Gasteiger partial charge in [0.25, 0.3) is 0 Å². The number of benzene rings is 8. The van der Waals surface area contributed by atoms with E-state index >= 15 is 0 Å². The van der Waals surface area contributed by atoms with E-state index in [1.165, 1.54) is 38.2 Å². The van der Waals surface area contributed by atoms with Gasteiger partial charge >= 0.3 is 0 Å². The van der Waals surface area contributed by atoms with Gasteiger partial charge < -0.3 is 9.32 Å². The topological polar surface area (TPSA) is 29.3 Å². The zero-order valence-electron chi connectivity index (χ0n) is 27.1. The molecule has 0 bridgehead atoms. The summed E-state index contributed by atoms with van der Waals surface area (Å²) in [6, 6.07) is 60.9. The molecule has 0 radical (unpaired) electrons. The number of rotatable bonds is 5. The second-order valence-corrected chi connectivity index (χ2v) is 12.9. The SMILES string of the molecule is c1cc(-c2ccc3ccccc3c2)cc(N(c2ccc(-c3ccc4ccccc4c3)cc2)c2cccc3c2oc2cc4cnccc4cc23)c1. The second-order valence-electron chi connectivity index (χ2n) is 12.9. The Morgan fingerprint density at radius 3 is 1.80 bits per heavy atom. The van der Waals surface area contributed by atoms with E-state index in [2.05, 4.69) is 180 Å². The van der Waals surface area contributed by atoms with Crippen molar-refractivity contribution >= 4 is 71.3 Å². The summed E-state index contributed by atoms with van der Waals surface area (Å²) in [5, 5.41) is 9.33. The molecule has 3 nitrogen and oxygen atoms in total. The Hall–Kier alpha value is -6.71. The van der Waals surface area contributed by atoms with Gasteiger partial charge in [0.05, 0.1) is 5.69 Å². The molecule has 0 saturated carbocycles. The summed E-state index contributed by atoms with van der Waals surface area (Å²) in [4.78, 5) is 6.66. The number of nitrogens with zero attached hydrogens (tertiary/aromatic N) is 2. The van der Waals surface area contributed by atoms with Crippen LogP contribution >= 0.6 is 0 Å². The van der Waals surface area contributed by atoms with Crippen LogP contribution in [0.3, 0.4) is 0 Å². The van der Waals surface area contributed by atoms with E-state index in [1.807, 2.05) is 12.4 Å². The number of hydrogen-bond acceptors (Lipinski definition) is 3. The van der Waals surface area contributed by atoms with Crippen molar-refractivity contribution in [1.82, 2.24) is 4.98 Å². The molecule has 0 saturated heterocycles. The van der Waals surface area contributed by atoms with Gasteiger partial charge in [0, 0.05) is 39.9 Å². The zero-order chi connectivity index (χ0) is 33.0. The number of fused-ring (bicyclic) bond motifs is 6. The Morgan fingerprint density at radius 1 is 0.400 bits per heavy atom. The Kier molecular flexibility index (Phi) is 6.49. The van der Waals surface area contributed by atoms with Crippen LogP contribution in [0.1, 0.15) is 0 Å². The van der Waals surface area contributed by atoms with Crippen LogP contribution in [-0.4, -0.2) is 4.98 Å². The molecule has 10 rings (SSSR count). The van der Waals surface area contributed by atoms with Gasteiger partial charge in [-0.05, 0) is 110 Å². The smallest absolute Gasteiger partial charge is 0.159 e. The summed E-state index contributed by atoms with van der Waals surface area (Å²) >= 11 is 0. The molecule has 0 aliphatic carbocycles. The maximum atomic E-state index is 6.74. The molecular weight excluding hydrogens is 609 g/mol. The molecule has 234 valence electrons. The monoisotopic (exact) mass is 638 g/mol. The van der Waals surface area contributed by atoms with Crippen molar-refractivity contribution in [3.63, 3.8) is 0 Å². The van der Waals surface area contributed by atoms with Gasteiger partial charge in [-0.3, -0.25) is 4.98 Å². The van der Waals surface area contributed by atoms with E-state index in [1.54, 1.807) is 0 Å². The van der Waals surface area contributed by atoms with E-state index in [0.717, 1.165) is 55.3 Å². The van der Waals surface area contributed by atoms with Crippen LogP contribution in [-0.2, 0) is 0 Å². The molecule has 0 fully saturated rings. The Balaban J connectivity index is 1.15. The van der Waals surface area contributed by atoms with Crippen LogP contribution in [0.2, 0.25) is 0 Å². The highest BCUT2D eigenvalue weighted by Gasteiger charge is 2.20. The quantitative estimate of drug-likeness (QED) is 0.188. The first-order valence-electron chi connectivity index (χ1n) is 16.9. The largest absolute Gasteiger partial charge is 0.454 e. The molecule has 0 amide bonds. The fourth-order valence-corrected chi connectivity index (χ4v) is 7.33. The van der Waals surface area contributed by atoms with Crippen LogP contribution in [0.5, 0.6) is 0 Å². The van der Waals surface area contributed by atoms with Gasteiger partial charge in [0.1, 0.15) is 5.58 Å². The van der Waals surface area contributed by atoms with Gasteiger partial charge in [-0.25, -0.2) is 0 Å². The maximum Gasteiger partial charge on any atom is 0.159 e. The lowest BCUT2D eigenvalue weighted by atomic mass is 9.99. The summed E-state index contributed by atoms with van der Waals surface area (Å²) in [5.41, 5.74) is 9.48. The Labute approximate surface area is 289 Å². The number of aromatic nitrogens is 1. The maximum absolute atomic E-state index is 6.74. The predicted molar refractivity (Wildman–Crippen MR) is 210 cm³/mol. The zero-order valence-corrected chi connectivity index (χ0v) is 27.1. The van der Waals surface area contributed by atoms with Crippen LogP contribution < -0.4 is 4.90 Å². The van der Waals surface area contributed by atoms with E-state index < -0.39 is 0 Å². The first-order chi connectivity index (χ1) is 24.7. The minimum absolute atomic E-state index is 0.848. The summed E-state index contributed by atoms with van der Waals surface area (Å²) in [5.74, 6) is 0. The molecule has 2 aromatic heterocycles. The molecule has 3 heteroatoms. The van der Waals surface area contributed by atoms with Crippen molar-refractivity contribution in [3.05, 3.63) is 182 Å². The molecule has 50 heavy (non-hydrogen) atoms. The lowest BCUT2D eigenvalue weighted by Crippen LogP contribution is -2.10.